The number of hydrogen-bond acceptors (Lipinski definition) is 1. The van der Waals surface area contributed by atoms with E-state index in [0.717, 1.165) is 5.56 Å². The van der Waals surface area contributed by atoms with E-state index in [1.54, 1.807) is 18.2 Å². The second-order valence-corrected chi connectivity index (χ2v) is 4.86. The van der Waals surface area contributed by atoms with Crippen LogP contribution < -0.4 is 4.90 Å². The monoisotopic (exact) mass is 311 g/mol. The summed E-state index contributed by atoms with van der Waals surface area (Å²) in [7, 11) is 0. The van der Waals surface area contributed by atoms with Crippen LogP contribution >= 0.6 is 23.2 Å². The van der Waals surface area contributed by atoms with Crippen molar-refractivity contribution in [2.75, 3.05) is 10.8 Å². The zero-order chi connectivity index (χ0) is 14.5. The summed E-state index contributed by atoms with van der Waals surface area (Å²) in [5.41, 5.74) is 1.23. The van der Waals surface area contributed by atoms with Crippen LogP contribution in [-0.4, -0.2) is 11.8 Å². The van der Waals surface area contributed by atoms with Crippen molar-refractivity contribution in [1.82, 2.24) is 0 Å². The normalized spacial score (nSPS) is 10.3. The van der Waals surface area contributed by atoms with Gasteiger partial charge in [-0.15, -0.1) is 11.6 Å². The molecule has 0 saturated carbocycles. The van der Waals surface area contributed by atoms with E-state index in [1.165, 1.54) is 17.0 Å². The Morgan fingerprint density at radius 3 is 2.55 bits per heavy atom. The Labute approximate surface area is 126 Å². The van der Waals surface area contributed by atoms with Gasteiger partial charge in [0.15, 0.2) is 0 Å². The molecule has 0 unspecified atom stereocenters. The maximum Gasteiger partial charge on any atom is 0.242 e. The molecular formula is C15H12Cl2FNO. The summed E-state index contributed by atoms with van der Waals surface area (Å²) in [6.07, 6.45) is 0. The van der Waals surface area contributed by atoms with Crippen LogP contribution in [0.1, 0.15) is 5.56 Å². The first-order valence-electron chi connectivity index (χ1n) is 5.97. The molecule has 0 aliphatic carbocycles. The standard InChI is InChI=1S/C15H12Cl2FNO/c16-9-15(20)19(13-6-3-5-12(18)8-13)10-11-4-1-2-7-14(11)17/h1-8H,9-10H2. The van der Waals surface area contributed by atoms with E-state index in [1.807, 2.05) is 18.2 Å². The van der Waals surface area contributed by atoms with Crippen LogP contribution in [0.4, 0.5) is 10.1 Å². The predicted molar refractivity (Wildman–Crippen MR) is 79.8 cm³/mol. The van der Waals surface area contributed by atoms with Gasteiger partial charge in [-0.1, -0.05) is 35.9 Å². The van der Waals surface area contributed by atoms with Crippen LogP contribution in [0.3, 0.4) is 0 Å². The zero-order valence-corrected chi connectivity index (χ0v) is 12.0. The minimum atomic E-state index is -0.408. The lowest BCUT2D eigenvalue weighted by atomic mass is 10.2. The van der Waals surface area contributed by atoms with E-state index in [2.05, 4.69) is 0 Å². The third-order valence-electron chi connectivity index (χ3n) is 2.82. The maximum atomic E-state index is 13.3. The number of hydrogen-bond donors (Lipinski definition) is 0. The molecule has 104 valence electrons. The van der Waals surface area contributed by atoms with E-state index in [-0.39, 0.29) is 18.3 Å². The van der Waals surface area contributed by atoms with Gasteiger partial charge in [0.1, 0.15) is 11.7 Å². The molecule has 0 aliphatic heterocycles. The lowest BCUT2D eigenvalue weighted by Gasteiger charge is -2.22. The average Bonchev–Trinajstić information content (AvgIpc) is 2.45. The predicted octanol–water partition coefficient (Wildman–Crippen LogP) is 4.25. The van der Waals surface area contributed by atoms with Gasteiger partial charge >= 0.3 is 0 Å². The summed E-state index contributed by atoms with van der Waals surface area (Å²) in [5, 5.41) is 0.552. The van der Waals surface area contributed by atoms with Gasteiger partial charge in [0.25, 0.3) is 0 Å². The second kappa shape index (κ2) is 6.73. The Bertz CT molecular complexity index is 618. The van der Waals surface area contributed by atoms with E-state index < -0.39 is 5.82 Å². The zero-order valence-electron chi connectivity index (χ0n) is 10.5. The molecule has 2 aromatic rings. The summed E-state index contributed by atoms with van der Waals surface area (Å²) >= 11 is 11.7. The van der Waals surface area contributed by atoms with Crippen molar-refractivity contribution in [3.63, 3.8) is 0 Å². The summed E-state index contributed by atoms with van der Waals surface area (Å²) in [4.78, 5) is 13.4. The van der Waals surface area contributed by atoms with Gasteiger partial charge in [-0.3, -0.25) is 4.79 Å². The summed E-state index contributed by atoms with van der Waals surface area (Å²) in [6, 6.07) is 13.0. The molecule has 0 atom stereocenters. The van der Waals surface area contributed by atoms with E-state index in [0.29, 0.717) is 10.7 Å². The Hall–Kier alpha value is -1.58. The van der Waals surface area contributed by atoms with Crippen LogP contribution in [0.15, 0.2) is 48.5 Å². The molecule has 0 heterocycles. The average molecular weight is 312 g/mol. The number of rotatable bonds is 4. The van der Waals surface area contributed by atoms with Gasteiger partial charge < -0.3 is 4.90 Å². The van der Waals surface area contributed by atoms with Crippen LogP contribution in [0.25, 0.3) is 0 Å². The Morgan fingerprint density at radius 2 is 1.90 bits per heavy atom. The summed E-state index contributed by atoms with van der Waals surface area (Å²) in [5.74, 6) is -0.896. The molecule has 2 aromatic carbocycles. The first-order chi connectivity index (χ1) is 9.61. The fourth-order valence-electron chi connectivity index (χ4n) is 1.84. The largest absolute Gasteiger partial charge is 0.307 e. The minimum Gasteiger partial charge on any atom is -0.307 e. The summed E-state index contributed by atoms with van der Waals surface area (Å²) < 4.78 is 13.3. The fraction of sp³-hybridized carbons (Fsp3) is 0.133. The van der Waals surface area contributed by atoms with E-state index in [9.17, 15) is 9.18 Å². The number of alkyl halides is 1. The lowest BCUT2D eigenvalue weighted by molar-refractivity contribution is -0.116. The number of carbonyl (C=O) groups is 1. The molecule has 0 aliphatic rings. The van der Waals surface area contributed by atoms with Gasteiger partial charge in [-0.05, 0) is 29.8 Å². The summed E-state index contributed by atoms with van der Waals surface area (Å²) in [6.45, 7) is 0.245. The highest BCUT2D eigenvalue weighted by atomic mass is 35.5. The van der Waals surface area contributed by atoms with Crippen molar-refractivity contribution in [2.45, 2.75) is 6.54 Å². The molecule has 1 amide bonds. The molecule has 0 saturated heterocycles. The fourth-order valence-corrected chi connectivity index (χ4v) is 2.18. The minimum absolute atomic E-state index is 0.180. The van der Waals surface area contributed by atoms with Crippen molar-refractivity contribution in [2.24, 2.45) is 0 Å². The molecule has 0 N–H and O–H groups in total. The maximum absolute atomic E-state index is 13.3. The van der Waals surface area contributed by atoms with Crippen LogP contribution in [0, 0.1) is 5.82 Å². The molecule has 2 rings (SSSR count). The molecule has 0 radical (unpaired) electrons. The highest BCUT2D eigenvalue weighted by molar-refractivity contribution is 6.31. The highest BCUT2D eigenvalue weighted by Gasteiger charge is 2.16. The molecule has 0 bridgehead atoms. The van der Waals surface area contributed by atoms with Gasteiger partial charge in [-0.25, -0.2) is 4.39 Å². The van der Waals surface area contributed by atoms with Crippen molar-refractivity contribution in [3.8, 4) is 0 Å². The molecule has 0 aromatic heterocycles. The van der Waals surface area contributed by atoms with E-state index >= 15 is 0 Å². The van der Waals surface area contributed by atoms with Gasteiger partial charge in [0, 0.05) is 10.7 Å². The Balaban J connectivity index is 2.34. The highest BCUT2D eigenvalue weighted by Crippen LogP contribution is 2.22. The van der Waals surface area contributed by atoms with Gasteiger partial charge in [0.2, 0.25) is 5.91 Å². The molecule has 5 heteroatoms. The second-order valence-electron chi connectivity index (χ2n) is 4.18. The smallest absolute Gasteiger partial charge is 0.242 e. The van der Waals surface area contributed by atoms with Gasteiger partial charge in [-0.2, -0.15) is 0 Å². The third-order valence-corrected chi connectivity index (χ3v) is 3.42. The number of anilines is 1. The van der Waals surface area contributed by atoms with Crippen LogP contribution in [-0.2, 0) is 11.3 Å². The Morgan fingerprint density at radius 1 is 1.15 bits per heavy atom. The van der Waals surface area contributed by atoms with Crippen LogP contribution in [0.5, 0.6) is 0 Å². The number of nitrogens with zero attached hydrogens (tertiary/aromatic N) is 1. The molecule has 20 heavy (non-hydrogen) atoms. The Kier molecular flexibility index (Phi) is 4.99. The number of carbonyl (C=O) groups excluding carboxylic acids is 1. The molecule has 0 fully saturated rings. The SMILES string of the molecule is O=C(CCl)N(Cc1ccccc1Cl)c1cccc(F)c1. The van der Waals surface area contributed by atoms with Gasteiger partial charge in [0.05, 0.1) is 6.54 Å². The van der Waals surface area contributed by atoms with Crippen LogP contribution in [0.2, 0.25) is 5.02 Å². The molecule has 2 nitrogen and oxygen atoms in total. The van der Waals surface area contributed by atoms with E-state index in [4.69, 9.17) is 23.2 Å². The van der Waals surface area contributed by atoms with Crippen molar-refractivity contribution < 1.29 is 9.18 Å². The topological polar surface area (TPSA) is 20.3 Å². The van der Waals surface area contributed by atoms with Crippen molar-refractivity contribution in [1.29, 1.82) is 0 Å². The molecule has 0 spiro atoms. The first kappa shape index (κ1) is 14.8. The van der Waals surface area contributed by atoms with Crippen molar-refractivity contribution in [3.05, 3.63) is 64.9 Å². The number of benzene rings is 2. The third kappa shape index (κ3) is 3.50. The quantitative estimate of drug-likeness (QED) is 0.773. The van der Waals surface area contributed by atoms with Crippen molar-refractivity contribution >= 4 is 34.8 Å². The first-order valence-corrected chi connectivity index (χ1v) is 6.88. The number of halogens is 3. The molecular weight excluding hydrogens is 300 g/mol. The lowest BCUT2D eigenvalue weighted by Crippen LogP contribution is -2.31. The number of amides is 1.